The molecular formula is C13H18O. The maximum atomic E-state index is 9.57. The smallest absolute Gasteiger partial charge is 0.119 e. The molecule has 0 saturated carbocycles. The molecule has 0 saturated heterocycles. The van der Waals surface area contributed by atoms with Gasteiger partial charge >= 0.3 is 0 Å². The Morgan fingerprint density at radius 2 is 1.79 bits per heavy atom. The van der Waals surface area contributed by atoms with Gasteiger partial charge in [0, 0.05) is 5.56 Å². The molecule has 0 atom stereocenters. The van der Waals surface area contributed by atoms with Crippen LogP contribution < -0.4 is 0 Å². The lowest BCUT2D eigenvalue weighted by molar-refractivity contribution is 0.469. The van der Waals surface area contributed by atoms with E-state index in [4.69, 9.17) is 0 Å². The van der Waals surface area contributed by atoms with E-state index < -0.39 is 0 Å². The van der Waals surface area contributed by atoms with Crippen LogP contribution in [-0.2, 0) is 12.8 Å². The Morgan fingerprint density at radius 3 is 2.36 bits per heavy atom. The number of benzene rings is 1. The van der Waals surface area contributed by atoms with Crippen LogP contribution in [-0.4, -0.2) is 5.11 Å². The predicted octanol–water partition coefficient (Wildman–Crippen LogP) is 3.49. The van der Waals surface area contributed by atoms with E-state index in [9.17, 15) is 5.11 Å². The molecule has 1 nitrogen and oxygen atoms in total. The van der Waals surface area contributed by atoms with Crippen LogP contribution in [0.2, 0.25) is 0 Å². The van der Waals surface area contributed by atoms with Gasteiger partial charge in [0.1, 0.15) is 5.75 Å². The van der Waals surface area contributed by atoms with Gasteiger partial charge in [0.05, 0.1) is 0 Å². The molecule has 0 spiro atoms. The van der Waals surface area contributed by atoms with Crippen LogP contribution in [0.1, 0.15) is 18.6 Å². The molecule has 0 fully saturated rings. The number of allylic oxidation sites excluding steroid dienone is 2. The number of rotatable bonds is 4. The van der Waals surface area contributed by atoms with E-state index >= 15 is 0 Å². The second kappa shape index (κ2) is 6.03. The van der Waals surface area contributed by atoms with E-state index in [1.807, 2.05) is 18.2 Å². The summed E-state index contributed by atoms with van der Waals surface area (Å²) in [6.07, 6.45) is 5.12. The van der Waals surface area contributed by atoms with E-state index in [0.717, 1.165) is 17.5 Å². The summed E-state index contributed by atoms with van der Waals surface area (Å²) in [5.74, 6) is 0.347. The van der Waals surface area contributed by atoms with Gasteiger partial charge < -0.3 is 5.11 Å². The molecule has 0 amide bonds. The lowest BCUT2D eigenvalue weighted by Gasteiger charge is -2.07. The fourth-order valence-corrected chi connectivity index (χ4v) is 1.35. The number of aromatic hydroxyl groups is 1. The molecular weight excluding hydrogens is 172 g/mol. The molecule has 0 bridgehead atoms. The minimum atomic E-state index is 0. The molecule has 0 aromatic heterocycles. The Labute approximate surface area is 86.4 Å². The van der Waals surface area contributed by atoms with Crippen LogP contribution >= 0.6 is 0 Å². The largest absolute Gasteiger partial charge is 0.508 e. The zero-order valence-corrected chi connectivity index (χ0v) is 7.66. The Hall–Kier alpha value is -1.50. The second-order valence-corrected chi connectivity index (χ2v) is 2.90. The van der Waals surface area contributed by atoms with Crippen molar-refractivity contribution < 1.29 is 5.11 Å². The predicted molar refractivity (Wildman–Crippen MR) is 62.6 cm³/mol. The molecule has 1 N–H and O–H groups in total. The van der Waals surface area contributed by atoms with Gasteiger partial charge in [-0.05, 0) is 24.5 Å². The van der Waals surface area contributed by atoms with Crippen molar-refractivity contribution in [1.82, 2.24) is 0 Å². The zero-order chi connectivity index (χ0) is 9.68. The third kappa shape index (κ3) is 2.77. The van der Waals surface area contributed by atoms with Gasteiger partial charge in [-0.3, -0.25) is 0 Å². The fraction of sp³-hybridized carbons (Fsp3) is 0.231. The van der Waals surface area contributed by atoms with Crippen molar-refractivity contribution in [1.29, 1.82) is 0 Å². The quantitative estimate of drug-likeness (QED) is 0.721. The maximum absolute atomic E-state index is 9.57. The first-order valence-corrected chi connectivity index (χ1v) is 4.31. The minimum absolute atomic E-state index is 0. The van der Waals surface area contributed by atoms with Gasteiger partial charge in [0.2, 0.25) is 0 Å². The number of hydrogen-bond donors (Lipinski definition) is 1. The van der Waals surface area contributed by atoms with Crippen LogP contribution in [0.5, 0.6) is 5.75 Å². The Morgan fingerprint density at radius 1 is 1.14 bits per heavy atom. The topological polar surface area (TPSA) is 20.2 Å². The number of phenolic OH excluding ortho intramolecular Hbond substituents is 1. The summed E-state index contributed by atoms with van der Waals surface area (Å²) in [7, 11) is 0. The SMILES string of the molecule is C.C=CCc1cccc(O)c1CC=C. The standard InChI is InChI=1S/C12H14O.CH4/c1-3-6-10-8-5-9-12(13)11(10)7-4-2;/h3-5,8-9,13H,1-2,6-7H2;1H4. The Kier molecular flexibility index (Phi) is 5.38. The normalized spacial score (nSPS) is 8.86. The van der Waals surface area contributed by atoms with Crippen molar-refractivity contribution in [2.45, 2.75) is 20.3 Å². The average Bonchev–Trinajstić information content (AvgIpc) is 2.11. The molecule has 1 rings (SSSR count). The van der Waals surface area contributed by atoms with Gasteiger partial charge in [0.15, 0.2) is 0 Å². The zero-order valence-electron chi connectivity index (χ0n) is 7.66. The Bertz CT molecular complexity index is 313. The highest BCUT2D eigenvalue weighted by Crippen LogP contribution is 2.22. The van der Waals surface area contributed by atoms with Crippen LogP contribution in [0.25, 0.3) is 0 Å². The van der Waals surface area contributed by atoms with Crippen molar-refractivity contribution in [2.24, 2.45) is 0 Å². The molecule has 0 heterocycles. The van der Waals surface area contributed by atoms with Crippen LogP contribution in [0.15, 0.2) is 43.5 Å². The summed E-state index contributed by atoms with van der Waals surface area (Å²) in [6, 6.07) is 5.55. The van der Waals surface area contributed by atoms with Gasteiger partial charge in [-0.15, -0.1) is 13.2 Å². The van der Waals surface area contributed by atoms with E-state index in [0.29, 0.717) is 12.2 Å². The summed E-state index contributed by atoms with van der Waals surface area (Å²) in [5.41, 5.74) is 2.08. The van der Waals surface area contributed by atoms with E-state index in [1.54, 1.807) is 12.1 Å². The second-order valence-electron chi connectivity index (χ2n) is 2.90. The lowest BCUT2D eigenvalue weighted by Crippen LogP contribution is -1.91. The molecule has 0 radical (unpaired) electrons. The molecule has 1 aromatic rings. The highest BCUT2D eigenvalue weighted by atomic mass is 16.3. The first kappa shape index (κ1) is 12.5. The minimum Gasteiger partial charge on any atom is -0.508 e. The van der Waals surface area contributed by atoms with Crippen molar-refractivity contribution in [3.63, 3.8) is 0 Å². The van der Waals surface area contributed by atoms with Gasteiger partial charge in [-0.2, -0.15) is 0 Å². The summed E-state index contributed by atoms with van der Waals surface area (Å²) in [5, 5.41) is 9.57. The van der Waals surface area contributed by atoms with Crippen LogP contribution in [0.4, 0.5) is 0 Å². The summed E-state index contributed by atoms with van der Waals surface area (Å²) in [6.45, 7) is 7.34. The molecule has 0 aliphatic rings. The molecule has 0 aliphatic carbocycles. The van der Waals surface area contributed by atoms with E-state index in [-0.39, 0.29) is 7.43 Å². The molecule has 1 heteroatoms. The Balaban J connectivity index is 0.00000169. The third-order valence-corrected chi connectivity index (χ3v) is 1.96. The number of hydrogen-bond acceptors (Lipinski definition) is 1. The molecule has 14 heavy (non-hydrogen) atoms. The highest BCUT2D eigenvalue weighted by Gasteiger charge is 2.03. The van der Waals surface area contributed by atoms with Crippen molar-refractivity contribution in [3.05, 3.63) is 54.6 Å². The van der Waals surface area contributed by atoms with E-state index in [1.165, 1.54) is 0 Å². The molecule has 0 unspecified atom stereocenters. The van der Waals surface area contributed by atoms with Gasteiger partial charge in [-0.25, -0.2) is 0 Å². The van der Waals surface area contributed by atoms with Crippen LogP contribution in [0.3, 0.4) is 0 Å². The van der Waals surface area contributed by atoms with Crippen molar-refractivity contribution in [3.8, 4) is 5.75 Å². The first-order valence-electron chi connectivity index (χ1n) is 4.31. The molecule has 76 valence electrons. The summed E-state index contributed by atoms with van der Waals surface area (Å²) < 4.78 is 0. The van der Waals surface area contributed by atoms with Crippen molar-refractivity contribution >= 4 is 0 Å². The maximum Gasteiger partial charge on any atom is 0.119 e. The molecule has 1 aromatic carbocycles. The van der Waals surface area contributed by atoms with Crippen LogP contribution in [0, 0.1) is 0 Å². The molecule has 0 aliphatic heterocycles. The van der Waals surface area contributed by atoms with E-state index in [2.05, 4.69) is 13.2 Å². The van der Waals surface area contributed by atoms with Gasteiger partial charge in [0.25, 0.3) is 0 Å². The summed E-state index contributed by atoms with van der Waals surface area (Å²) >= 11 is 0. The average molecular weight is 190 g/mol. The monoisotopic (exact) mass is 190 g/mol. The van der Waals surface area contributed by atoms with Gasteiger partial charge in [-0.1, -0.05) is 31.7 Å². The fourth-order valence-electron chi connectivity index (χ4n) is 1.35. The summed E-state index contributed by atoms with van der Waals surface area (Å²) in [4.78, 5) is 0. The first-order chi connectivity index (χ1) is 6.29. The van der Waals surface area contributed by atoms with Crippen molar-refractivity contribution in [2.75, 3.05) is 0 Å². The number of phenols is 1. The third-order valence-electron chi connectivity index (χ3n) is 1.96. The highest BCUT2D eigenvalue weighted by molar-refractivity contribution is 5.41. The lowest BCUT2D eigenvalue weighted by atomic mass is 10.0.